The van der Waals surface area contributed by atoms with Gasteiger partial charge in [0.2, 0.25) is 0 Å². The van der Waals surface area contributed by atoms with E-state index in [0.29, 0.717) is 11.4 Å². The Morgan fingerprint density at radius 2 is 1.92 bits per heavy atom. The number of rotatable bonds is 3. The molecule has 1 aliphatic rings. The summed E-state index contributed by atoms with van der Waals surface area (Å²) >= 11 is 0. The van der Waals surface area contributed by atoms with Crippen LogP contribution in [-0.4, -0.2) is 37.8 Å². The van der Waals surface area contributed by atoms with Crippen LogP contribution in [0.25, 0.3) is 16.9 Å². The first-order valence-electron chi connectivity index (χ1n) is 7.61. The van der Waals surface area contributed by atoms with Gasteiger partial charge in [-0.3, -0.25) is 14.9 Å². The molecule has 8 heteroatoms. The lowest BCUT2D eigenvalue weighted by atomic mass is 10.2. The van der Waals surface area contributed by atoms with Crippen molar-refractivity contribution in [2.24, 2.45) is 0 Å². The number of aromatic nitrogens is 5. The molecule has 0 atom stereocenters. The molecule has 1 saturated heterocycles. The number of nitrogens with zero attached hydrogens (tertiary/aromatic N) is 5. The minimum absolute atomic E-state index is 0. The zero-order valence-electron chi connectivity index (χ0n) is 12.9. The van der Waals surface area contributed by atoms with Gasteiger partial charge >= 0.3 is 0 Å². The molecule has 124 valence electrons. The fourth-order valence-electron chi connectivity index (χ4n) is 2.85. The van der Waals surface area contributed by atoms with Gasteiger partial charge in [0.15, 0.2) is 5.82 Å². The molecule has 1 N–H and O–H groups in total. The van der Waals surface area contributed by atoms with Crippen LogP contribution in [0.1, 0.15) is 12.8 Å². The monoisotopic (exact) mass is 344 g/mol. The summed E-state index contributed by atoms with van der Waals surface area (Å²) in [6, 6.07) is 5.51. The Labute approximate surface area is 144 Å². The predicted molar refractivity (Wildman–Crippen MR) is 93.9 cm³/mol. The van der Waals surface area contributed by atoms with E-state index in [1.165, 1.54) is 23.9 Å². The second-order valence-electron chi connectivity index (χ2n) is 5.50. The topological polar surface area (TPSA) is 79.7 Å². The first kappa shape index (κ1) is 16.2. The van der Waals surface area contributed by atoms with Gasteiger partial charge in [-0.15, -0.1) is 12.4 Å². The first-order valence-corrected chi connectivity index (χ1v) is 7.61. The molecule has 4 heterocycles. The van der Waals surface area contributed by atoms with Gasteiger partial charge in [-0.1, -0.05) is 6.07 Å². The highest BCUT2D eigenvalue weighted by molar-refractivity contribution is 5.85. The molecule has 0 aromatic carbocycles. The van der Waals surface area contributed by atoms with Crippen LogP contribution < -0.4 is 10.5 Å². The van der Waals surface area contributed by atoms with E-state index >= 15 is 0 Å². The van der Waals surface area contributed by atoms with E-state index in [0.717, 1.165) is 24.5 Å². The molecular weight excluding hydrogens is 328 g/mol. The van der Waals surface area contributed by atoms with Crippen molar-refractivity contribution in [1.29, 1.82) is 0 Å². The third kappa shape index (κ3) is 2.90. The predicted octanol–water partition coefficient (Wildman–Crippen LogP) is 2.04. The average Bonchev–Trinajstić information content (AvgIpc) is 3.26. The molecule has 0 bridgehead atoms. The number of pyridine rings is 1. The van der Waals surface area contributed by atoms with Crippen LogP contribution >= 0.6 is 12.4 Å². The smallest absolute Gasteiger partial charge is 0.280 e. The lowest BCUT2D eigenvalue weighted by Crippen LogP contribution is -2.21. The molecule has 1 fully saturated rings. The average molecular weight is 345 g/mol. The Morgan fingerprint density at radius 1 is 1.12 bits per heavy atom. The summed E-state index contributed by atoms with van der Waals surface area (Å²) in [7, 11) is 0. The number of nitrogens with one attached hydrogen (secondary N) is 1. The van der Waals surface area contributed by atoms with Crippen molar-refractivity contribution in [1.82, 2.24) is 24.7 Å². The van der Waals surface area contributed by atoms with Gasteiger partial charge in [-0.05, 0) is 18.9 Å². The van der Waals surface area contributed by atoms with Gasteiger partial charge in [0, 0.05) is 43.3 Å². The Balaban J connectivity index is 0.00000169. The minimum atomic E-state index is -0.149. The number of halogens is 1. The molecule has 0 amide bonds. The molecule has 3 aromatic rings. The molecule has 3 aromatic heterocycles. The van der Waals surface area contributed by atoms with Crippen molar-refractivity contribution in [3.63, 3.8) is 0 Å². The Bertz CT molecular complexity index is 870. The highest BCUT2D eigenvalue weighted by atomic mass is 35.5. The summed E-state index contributed by atoms with van der Waals surface area (Å²) < 4.78 is 1.43. The largest absolute Gasteiger partial charge is 0.356 e. The van der Waals surface area contributed by atoms with E-state index in [1.807, 2.05) is 18.2 Å². The standard InChI is InChI=1S/C16H16N6O.ClH/c23-16-13(12-4-3-5-17-9-12)10-20-22(16)15-8-14(18-11-19-15)21-6-1-2-7-21;/h3-5,8-11,20H,1-2,6-7H2;1H. The zero-order chi connectivity index (χ0) is 15.6. The maximum Gasteiger partial charge on any atom is 0.280 e. The molecule has 1 aliphatic heterocycles. The summed E-state index contributed by atoms with van der Waals surface area (Å²) in [4.78, 5) is 27.4. The fourth-order valence-corrected chi connectivity index (χ4v) is 2.85. The fraction of sp³-hybridized carbons (Fsp3) is 0.250. The minimum Gasteiger partial charge on any atom is -0.356 e. The molecule has 0 aliphatic carbocycles. The normalized spacial score (nSPS) is 13.8. The second-order valence-corrected chi connectivity index (χ2v) is 5.50. The third-order valence-electron chi connectivity index (χ3n) is 4.04. The van der Waals surface area contributed by atoms with Crippen molar-refractivity contribution in [3.05, 3.63) is 53.5 Å². The van der Waals surface area contributed by atoms with Crippen molar-refractivity contribution in [2.75, 3.05) is 18.0 Å². The van der Waals surface area contributed by atoms with Gasteiger partial charge in [-0.25, -0.2) is 14.6 Å². The van der Waals surface area contributed by atoms with E-state index in [9.17, 15) is 4.79 Å². The first-order chi connectivity index (χ1) is 11.3. The molecule has 0 spiro atoms. The lowest BCUT2D eigenvalue weighted by Gasteiger charge is -2.16. The van der Waals surface area contributed by atoms with Gasteiger partial charge < -0.3 is 4.90 Å². The Morgan fingerprint density at radius 3 is 2.67 bits per heavy atom. The molecular formula is C16H17ClN6O. The van der Waals surface area contributed by atoms with Crippen molar-refractivity contribution < 1.29 is 0 Å². The van der Waals surface area contributed by atoms with Gasteiger partial charge in [0.05, 0.1) is 5.56 Å². The quantitative estimate of drug-likeness (QED) is 0.786. The molecule has 7 nitrogen and oxygen atoms in total. The van der Waals surface area contributed by atoms with E-state index < -0.39 is 0 Å². The van der Waals surface area contributed by atoms with E-state index in [1.54, 1.807) is 18.6 Å². The number of hydrogen-bond donors (Lipinski definition) is 1. The summed E-state index contributed by atoms with van der Waals surface area (Å²) in [5.74, 6) is 1.40. The maximum absolute atomic E-state index is 12.6. The zero-order valence-corrected chi connectivity index (χ0v) is 13.7. The van der Waals surface area contributed by atoms with Crippen LogP contribution in [0.3, 0.4) is 0 Å². The highest BCUT2D eigenvalue weighted by Gasteiger charge is 2.16. The van der Waals surface area contributed by atoms with Crippen molar-refractivity contribution in [3.8, 4) is 16.9 Å². The number of hydrogen-bond acceptors (Lipinski definition) is 5. The molecule has 0 saturated carbocycles. The van der Waals surface area contributed by atoms with E-state index in [2.05, 4.69) is 25.0 Å². The van der Waals surface area contributed by atoms with Gasteiger partial charge in [-0.2, -0.15) is 0 Å². The number of anilines is 1. The van der Waals surface area contributed by atoms with Crippen LogP contribution in [0.2, 0.25) is 0 Å². The number of aromatic amines is 1. The van der Waals surface area contributed by atoms with Gasteiger partial charge in [0.1, 0.15) is 12.1 Å². The van der Waals surface area contributed by atoms with Crippen LogP contribution in [0.4, 0.5) is 5.82 Å². The van der Waals surface area contributed by atoms with Crippen LogP contribution in [0.15, 0.2) is 47.9 Å². The summed E-state index contributed by atoms with van der Waals surface area (Å²) in [5.41, 5.74) is 1.20. The van der Waals surface area contributed by atoms with Crippen LogP contribution in [0, 0.1) is 0 Å². The summed E-state index contributed by atoms with van der Waals surface area (Å²) in [5, 5.41) is 2.97. The summed E-state index contributed by atoms with van der Waals surface area (Å²) in [6.07, 6.45) is 8.88. The molecule has 24 heavy (non-hydrogen) atoms. The van der Waals surface area contributed by atoms with Crippen molar-refractivity contribution >= 4 is 18.2 Å². The maximum atomic E-state index is 12.6. The lowest BCUT2D eigenvalue weighted by molar-refractivity contribution is 0.806. The van der Waals surface area contributed by atoms with Crippen molar-refractivity contribution in [2.45, 2.75) is 12.8 Å². The number of H-pyrrole nitrogens is 1. The van der Waals surface area contributed by atoms with Gasteiger partial charge in [0.25, 0.3) is 5.56 Å². The summed E-state index contributed by atoms with van der Waals surface area (Å²) in [6.45, 7) is 1.99. The SMILES string of the molecule is Cl.O=c1c(-c2cccnc2)c[nH]n1-c1cc(N2CCCC2)ncn1. The van der Waals surface area contributed by atoms with E-state index in [-0.39, 0.29) is 18.0 Å². The second kappa shape index (κ2) is 6.84. The molecule has 4 rings (SSSR count). The molecule has 0 radical (unpaired) electrons. The third-order valence-corrected chi connectivity index (χ3v) is 4.04. The van der Waals surface area contributed by atoms with E-state index in [4.69, 9.17) is 0 Å². The molecule has 0 unspecified atom stereocenters. The Kier molecular flexibility index (Phi) is 4.61. The van der Waals surface area contributed by atoms with Crippen LogP contribution in [0.5, 0.6) is 0 Å². The Hall–Kier alpha value is -2.67. The van der Waals surface area contributed by atoms with Crippen LogP contribution in [-0.2, 0) is 0 Å². The highest BCUT2D eigenvalue weighted by Crippen LogP contribution is 2.19.